The first-order valence-electron chi connectivity index (χ1n) is 20.5. The predicted octanol–water partition coefficient (Wildman–Crippen LogP) is 5.44. The molecule has 348 valence electrons. The second-order valence-corrected chi connectivity index (χ2v) is 17.3. The largest absolute Gasteiger partial charge is 0.497 e. The molecule has 4 N–H and O–H groups in total. The van der Waals surface area contributed by atoms with Gasteiger partial charge in [-0.15, -0.1) is 0 Å². The van der Waals surface area contributed by atoms with Gasteiger partial charge in [-0.2, -0.15) is 0 Å². The highest BCUT2D eigenvalue weighted by Crippen LogP contribution is 2.34. The fourth-order valence-corrected chi connectivity index (χ4v) is 8.62. The Morgan fingerprint density at radius 1 is 0.652 bits per heavy atom. The number of aliphatic hydroxyl groups excluding tert-OH is 1. The zero-order chi connectivity index (χ0) is 47.2. The van der Waals surface area contributed by atoms with Crippen molar-refractivity contribution >= 4 is 64.5 Å². The normalized spacial score (nSPS) is 17.6. The lowest BCUT2D eigenvalue weighted by atomic mass is 10.1. The SMILES string of the molecule is COc1cccc([C@H](COc2ccc(CC3SC(O)N(COc4cccc([C@@H](COc5ccc(CC6SC(=O)NC6=O)cc5)OC(=O)CCC(=O)O)c4)C3=O)cc2)OC(=O)CCC(=O)O)c1. The molecule has 3 unspecified atom stereocenters. The molecule has 2 aliphatic rings. The number of esters is 2. The van der Waals surface area contributed by atoms with Gasteiger partial charge in [-0.3, -0.25) is 43.8 Å². The third kappa shape index (κ3) is 14.4. The van der Waals surface area contributed by atoms with Crippen molar-refractivity contribution in [2.75, 3.05) is 27.1 Å². The number of aliphatic carboxylic acids is 2. The van der Waals surface area contributed by atoms with E-state index in [-0.39, 0.29) is 63.2 Å². The number of amides is 3. The number of nitrogens with one attached hydrogen (secondary N) is 1. The van der Waals surface area contributed by atoms with Crippen molar-refractivity contribution in [2.24, 2.45) is 0 Å². The molecule has 20 heteroatoms. The second kappa shape index (κ2) is 23.4. The molecule has 66 heavy (non-hydrogen) atoms. The molecule has 2 heterocycles. The van der Waals surface area contributed by atoms with E-state index < -0.39 is 63.8 Å². The van der Waals surface area contributed by atoms with Crippen molar-refractivity contribution in [1.82, 2.24) is 10.2 Å². The maximum Gasteiger partial charge on any atom is 0.307 e. The quantitative estimate of drug-likeness (QED) is 0.0638. The molecule has 0 aromatic heterocycles. The van der Waals surface area contributed by atoms with E-state index in [4.69, 9.17) is 38.6 Å². The number of carboxylic acid groups (broad SMARTS) is 2. The molecule has 0 bridgehead atoms. The molecular formula is C46H46N2O16S2. The van der Waals surface area contributed by atoms with Gasteiger partial charge in [0.1, 0.15) is 36.2 Å². The standard InChI is InChI=1S/C46H46N2O16S2/c1-59-33-6-2-4-29(22-33)35(63-41(53)18-16-39(49)50)24-60-32-14-10-28(11-15-32)21-38-44(56)48(46(58)66-38)26-62-34-7-3-5-30(23-34)36(64-42(54)19-17-40(51)52)25-61-31-12-8-27(9-13-31)20-37-43(55)47-45(57)65-37/h2-15,22-23,35-38,46,58H,16-21,24-26H2,1H3,(H,49,50)(H,51,52)(H,47,55,57)/t35-,36+,37?,38?,46?/m0/s1. The first-order chi connectivity index (χ1) is 31.7. The van der Waals surface area contributed by atoms with Crippen LogP contribution in [0.2, 0.25) is 0 Å². The average Bonchev–Trinajstić information content (AvgIpc) is 3.77. The minimum Gasteiger partial charge on any atom is -0.497 e. The van der Waals surface area contributed by atoms with E-state index in [0.29, 0.717) is 34.8 Å². The maximum absolute atomic E-state index is 13.5. The third-order valence-electron chi connectivity index (χ3n) is 10.1. The van der Waals surface area contributed by atoms with Crippen molar-refractivity contribution < 1.29 is 77.3 Å². The van der Waals surface area contributed by atoms with Crippen LogP contribution in [0, 0.1) is 0 Å². The van der Waals surface area contributed by atoms with Crippen molar-refractivity contribution in [3.63, 3.8) is 0 Å². The average molecular weight is 947 g/mol. The van der Waals surface area contributed by atoms with Gasteiger partial charge < -0.3 is 43.7 Å². The summed E-state index contributed by atoms with van der Waals surface area (Å²) in [6.45, 7) is -0.555. The molecule has 4 aromatic rings. The van der Waals surface area contributed by atoms with E-state index in [1.54, 1.807) is 97.1 Å². The molecule has 0 saturated carbocycles. The second-order valence-electron chi connectivity index (χ2n) is 14.8. The summed E-state index contributed by atoms with van der Waals surface area (Å²) in [6.07, 6.45) is -2.75. The molecule has 2 fully saturated rings. The maximum atomic E-state index is 13.5. The highest BCUT2D eigenvalue weighted by atomic mass is 32.2. The number of carboxylic acids is 2. The summed E-state index contributed by atoms with van der Waals surface area (Å²) < 4.78 is 34.4. The Balaban J connectivity index is 1.03. The van der Waals surface area contributed by atoms with E-state index in [2.05, 4.69) is 5.32 Å². The van der Waals surface area contributed by atoms with E-state index in [1.165, 1.54) is 12.0 Å². The van der Waals surface area contributed by atoms with E-state index in [9.17, 15) is 38.7 Å². The first kappa shape index (κ1) is 48.7. The highest BCUT2D eigenvalue weighted by molar-refractivity contribution is 8.15. The lowest BCUT2D eigenvalue weighted by Crippen LogP contribution is -2.37. The van der Waals surface area contributed by atoms with E-state index in [0.717, 1.165) is 34.7 Å². The van der Waals surface area contributed by atoms with Crippen molar-refractivity contribution in [1.29, 1.82) is 0 Å². The number of imide groups is 1. The first-order valence-corrected chi connectivity index (χ1v) is 22.3. The summed E-state index contributed by atoms with van der Waals surface area (Å²) in [6, 6.07) is 27.1. The Kier molecular flexibility index (Phi) is 17.3. The summed E-state index contributed by atoms with van der Waals surface area (Å²) in [5.41, 5.74) is 1.40. The lowest BCUT2D eigenvalue weighted by molar-refractivity contribution is -0.154. The third-order valence-corrected chi connectivity index (χ3v) is 12.2. The summed E-state index contributed by atoms with van der Waals surface area (Å²) in [7, 11) is 1.50. The molecule has 0 radical (unpaired) electrons. The van der Waals surface area contributed by atoms with Gasteiger partial charge in [0.25, 0.3) is 5.24 Å². The van der Waals surface area contributed by atoms with Gasteiger partial charge >= 0.3 is 23.9 Å². The van der Waals surface area contributed by atoms with Crippen LogP contribution in [0.4, 0.5) is 4.79 Å². The lowest BCUT2D eigenvalue weighted by Gasteiger charge is -2.22. The van der Waals surface area contributed by atoms with Crippen molar-refractivity contribution in [2.45, 2.75) is 66.8 Å². The Hall–Kier alpha value is -6.77. The van der Waals surface area contributed by atoms with Crippen LogP contribution in [0.1, 0.15) is 60.1 Å². The summed E-state index contributed by atoms with van der Waals surface area (Å²) in [4.78, 5) is 85.4. The van der Waals surface area contributed by atoms with Crippen LogP contribution in [0.3, 0.4) is 0 Å². The molecule has 6 rings (SSSR count). The smallest absolute Gasteiger partial charge is 0.307 e. The monoisotopic (exact) mass is 946 g/mol. The number of rotatable bonds is 24. The minimum absolute atomic E-state index is 0.0803. The Morgan fingerprint density at radius 3 is 1.64 bits per heavy atom. The molecule has 3 amide bonds. The van der Waals surface area contributed by atoms with Crippen LogP contribution in [-0.2, 0) is 51.1 Å². The number of nitrogens with zero attached hydrogens (tertiary/aromatic N) is 1. The number of hydrogen-bond acceptors (Lipinski definition) is 16. The Labute approximate surface area is 386 Å². The van der Waals surface area contributed by atoms with Crippen LogP contribution in [-0.4, -0.2) is 104 Å². The summed E-state index contributed by atoms with van der Waals surface area (Å²) in [5.74, 6) is -2.79. The summed E-state index contributed by atoms with van der Waals surface area (Å²) >= 11 is 1.98. The number of ether oxygens (including phenoxy) is 6. The van der Waals surface area contributed by atoms with Crippen molar-refractivity contribution in [3.8, 4) is 23.0 Å². The van der Waals surface area contributed by atoms with Crippen molar-refractivity contribution in [3.05, 3.63) is 119 Å². The molecule has 0 aliphatic carbocycles. The van der Waals surface area contributed by atoms with Gasteiger partial charge in [0.2, 0.25) is 11.8 Å². The van der Waals surface area contributed by atoms with Gasteiger partial charge in [-0.05, 0) is 83.6 Å². The van der Waals surface area contributed by atoms with Gasteiger partial charge in [0, 0.05) is 0 Å². The van der Waals surface area contributed by atoms with Crippen LogP contribution >= 0.6 is 23.5 Å². The van der Waals surface area contributed by atoms with Gasteiger partial charge in [-0.25, -0.2) is 0 Å². The van der Waals surface area contributed by atoms with Crippen LogP contribution in [0.5, 0.6) is 23.0 Å². The summed E-state index contributed by atoms with van der Waals surface area (Å²) in [5, 5.41) is 29.6. The van der Waals surface area contributed by atoms with Crippen LogP contribution in [0.15, 0.2) is 97.1 Å². The Morgan fingerprint density at radius 2 is 1.15 bits per heavy atom. The van der Waals surface area contributed by atoms with Gasteiger partial charge in [0.15, 0.2) is 24.5 Å². The molecule has 0 spiro atoms. The molecule has 4 aromatic carbocycles. The highest BCUT2D eigenvalue weighted by Gasteiger charge is 2.40. The number of hydrogen-bond donors (Lipinski definition) is 4. The molecule has 5 atom stereocenters. The number of thioether (sulfide) groups is 2. The number of methoxy groups -OCH3 is 1. The minimum atomic E-state index is -1.21. The number of carbonyl (C=O) groups excluding carboxylic acids is 5. The predicted molar refractivity (Wildman–Crippen MR) is 237 cm³/mol. The van der Waals surface area contributed by atoms with Crippen LogP contribution in [0.25, 0.3) is 0 Å². The molecule has 2 aliphatic heterocycles. The number of benzene rings is 4. The number of aliphatic hydroxyl groups is 1. The fraction of sp³-hybridized carbons (Fsp3) is 0.326. The number of carbonyl (C=O) groups is 7. The zero-order valence-electron chi connectivity index (χ0n) is 35.4. The molecule has 2 saturated heterocycles. The molecule has 18 nitrogen and oxygen atoms in total. The van der Waals surface area contributed by atoms with Gasteiger partial charge in [0.05, 0.1) is 43.3 Å². The van der Waals surface area contributed by atoms with E-state index in [1.807, 2.05) is 0 Å². The Bertz CT molecular complexity index is 2380. The van der Waals surface area contributed by atoms with Gasteiger partial charge in [-0.1, -0.05) is 72.1 Å². The fourth-order valence-electron chi connectivity index (χ4n) is 6.62. The topological polar surface area (TPSA) is 251 Å². The molecular weight excluding hydrogens is 901 g/mol. The van der Waals surface area contributed by atoms with Crippen LogP contribution < -0.4 is 24.3 Å². The zero-order valence-corrected chi connectivity index (χ0v) is 37.0. The van der Waals surface area contributed by atoms with E-state index >= 15 is 0 Å².